The van der Waals surface area contributed by atoms with E-state index in [0.29, 0.717) is 11.1 Å². The first-order valence-electron chi connectivity index (χ1n) is 6.34. The molecule has 1 saturated heterocycles. The summed E-state index contributed by atoms with van der Waals surface area (Å²) in [6, 6.07) is 4.43. The van der Waals surface area contributed by atoms with E-state index in [9.17, 15) is 14.9 Å². The molecule has 0 spiro atoms. The number of non-ortho nitro benzene ring substituents is 1. The lowest BCUT2D eigenvalue weighted by atomic mass is 10.0. The highest BCUT2D eigenvalue weighted by Gasteiger charge is 2.18. The van der Waals surface area contributed by atoms with Gasteiger partial charge in [-0.25, -0.2) is 0 Å². The van der Waals surface area contributed by atoms with Crippen molar-refractivity contribution in [2.75, 3.05) is 13.1 Å². The van der Waals surface area contributed by atoms with E-state index in [1.54, 1.807) is 6.92 Å². The molecule has 0 unspecified atom stereocenters. The van der Waals surface area contributed by atoms with Gasteiger partial charge in [-0.05, 0) is 37.9 Å². The van der Waals surface area contributed by atoms with Gasteiger partial charge in [0.05, 0.1) is 4.92 Å². The summed E-state index contributed by atoms with van der Waals surface area (Å²) in [6.07, 6.45) is 2.01. The number of carbonyl (C=O) groups is 1. The van der Waals surface area contributed by atoms with Crippen LogP contribution in [0.3, 0.4) is 0 Å². The molecule has 1 aromatic carbocycles. The molecule has 1 atom stereocenters. The molecule has 1 aliphatic rings. The number of rotatable bonds is 3. The van der Waals surface area contributed by atoms with Crippen LogP contribution in [-0.4, -0.2) is 30.0 Å². The Balaban J connectivity index is 2.08. The Morgan fingerprint density at radius 3 is 2.89 bits per heavy atom. The zero-order valence-corrected chi connectivity index (χ0v) is 10.8. The van der Waals surface area contributed by atoms with Crippen LogP contribution in [0.4, 0.5) is 5.69 Å². The molecule has 6 heteroatoms. The molecule has 6 nitrogen and oxygen atoms in total. The van der Waals surface area contributed by atoms with Crippen molar-refractivity contribution in [3.05, 3.63) is 39.4 Å². The van der Waals surface area contributed by atoms with Crippen molar-refractivity contribution in [2.24, 2.45) is 0 Å². The minimum atomic E-state index is -0.459. The fourth-order valence-electron chi connectivity index (χ4n) is 2.25. The van der Waals surface area contributed by atoms with Gasteiger partial charge in [0.15, 0.2) is 0 Å². The molecule has 19 heavy (non-hydrogen) atoms. The van der Waals surface area contributed by atoms with E-state index >= 15 is 0 Å². The Kier molecular flexibility index (Phi) is 4.11. The summed E-state index contributed by atoms with van der Waals surface area (Å²) >= 11 is 0. The van der Waals surface area contributed by atoms with Crippen molar-refractivity contribution in [2.45, 2.75) is 25.8 Å². The Bertz CT molecular complexity index is 496. The van der Waals surface area contributed by atoms with Crippen molar-refractivity contribution in [1.29, 1.82) is 0 Å². The molecular weight excluding hydrogens is 246 g/mol. The lowest BCUT2D eigenvalue weighted by Crippen LogP contribution is -2.45. The number of nitrogens with one attached hydrogen (secondary N) is 2. The lowest BCUT2D eigenvalue weighted by Gasteiger charge is -2.24. The van der Waals surface area contributed by atoms with Gasteiger partial charge in [0.25, 0.3) is 11.6 Å². The molecule has 0 aromatic heterocycles. The van der Waals surface area contributed by atoms with E-state index in [2.05, 4.69) is 10.6 Å². The molecule has 1 heterocycles. The summed E-state index contributed by atoms with van der Waals surface area (Å²) in [5.41, 5.74) is 1.13. The smallest absolute Gasteiger partial charge is 0.269 e. The Morgan fingerprint density at radius 1 is 1.53 bits per heavy atom. The summed E-state index contributed by atoms with van der Waals surface area (Å²) in [7, 11) is 0. The fraction of sp³-hybridized carbons (Fsp3) is 0.462. The SMILES string of the molecule is Cc1cc([N+](=O)[O-])ccc1C(=O)N[C@H]1CCCNC1. The van der Waals surface area contributed by atoms with E-state index in [-0.39, 0.29) is 17.6 Å². The molecule has 1 aliphatic heterocycles. The summed E-state index contributed by atoms with van der Waals surface area (Å²) in [4.78, 5) is 22.3. The van der Waals surface area contributed by atoms with Gasteiger partial charge in [-0.2, -0.15) is 0 Å². The van der Waals surface area contributed by atoms with Crippen LogP contribution in [0.5, 0.6) is 0 Å². The van der Waals surface area contributed by atoms with Gasteiger partial charge in [-0.3, -0.25) is 14.9 Å². The third kappa shape index (κ3) is 3.29. The first-order chi connectivity index (χ1) is 9.08. The Hall–Kier alpha value is -1.95. The second-order valence-electron chi connectivity index (χ2n) is 4.77. The van der Waals surface area contributed by atoms with Gasteiger partial charge in [-0.15, -0.1) is 0 Å². The molecule has 0 saturated carbocycles. The predicted molar refractivity (Wildman–Crippen MR) is 71.2 cm³/mol. The number of nitro benzene ring substituents is 1. The van der Waals surface area contributed by atoms with E-state index in [1.807, 2.05) is 0 Å². The summed E-state index contributed by atoms with van der Waals surface area (Å²) in [5, 5.41) is 16.8. The summed E-state index contributed by atoms with van der Waals surface area (Å²) < 4.78 is 0. The number of hydrogen-bond donors (Lipinski definition) is 2. The van der Waals surface area contributed by atoms with Gasteiger partial charge in [0, 0.05) is 30.3 Å². The van der Waals surface area contributed by atoms with Crippen molar-refractivity contribution in [3.63, 3.8) is 0 Å². The van der Waals surface area contributed by atoms with E-state index in [0.717, 1.165) is 25.9 Å². The van der Waals surface area contributed by atoms with Gasteiger partial charge in [-0.1, -0.05) is 0 Å². The molecule has 0 bridgehead atoms. The van der Waals surface area contributed by atoms with Gasteiger partial charge in [0.1, 0.15) is 0 Å². The van der Waals surface area contributed by atoms with Crippen LogP contribution >= 0.6 is 0 Å². The molecule has 2 N–H and O–H groups in total. The molecule has 1 fully saturated rings. The standard InChI is InChI=1S/C13H17N3O3/c1-9-7-11(16(18)19)4-5-12(9)13(17)15-10-3-2-6-14-8-10/h4-5,7,10,14H,2-3,6,8H2,1H3,(H,15,17)/t10-/m0/s1. The predicted octanol–water partition coefficient (Wildman–Crippen LogP) is 1.39. The Labute approximate surface area is 111 Å². The summed E-state index contributed by atoms with van der Waals surface area (Å²) in [6.45, 7) is 3.47. The maximum Gasteiger partial charge on any atom is 0.269 e. The largest absolute Gasteiger partial charge is 0.348 e. The van der Waals surface area contributed by atoms with Crippen molar-refractivity contribution < 1.29 is 9.72 Å². The average molecular weight is 263 g/mol. The number of amides is 1. The maximum absolute atomic E-state index is 12.1. The van der Waals surface area contributed by atoms with Gasteiger partial charge < -0.3 is 10.6 Å². The van der Waals surface area contributed by atoms with E-state index in [1.165, 1.54) is 18.2 Å². The third-order valence-electron chi connectivity index (χ3n) is 3.30. The van der Waals surface area contributed by atoms with Gasteiger partial charge >= 0.3 is 0 Å². The van der Waals surface area contributed by atoms with Crippen LogP contribution in [0.25, 0.3) is 0 Å². The molecule has 0 aliphatic carbocycles. The Morgan fingerprint density at radius 2 is 2.32 bits per heavy atom. The molecule has 1 amide bonds. The van der Waals surface area contributed by atoms with Crippen molar-refractivity contribution in [3.8, 4) is 0 Å². The average Bonchev–Trinajstić information content (AvgIpc) is 2.39. The zero-order chi connectivity index (χ0) is 13.8. The minimum absolute atomic E-state index is 0.00776. The van der Waals surface area contributed by atoms with Crippen LogP contribution in [0.2, 0.25) is 0 Å². The van der Waals surface area contributed by atoms with Crippen molar-refractivity contribution >= 4 is 11.6 Å². The molecule has 102 valence electrons. The lowest BCUT2D eigenvalue weighted by molar-refractivity contribution is -0.384. The molecule has 2 rings (SSSR count). The normalized spacial score (nSPS) is 18.9. The van der Waals surface area contributed by atoms with Crippen LogP contribution in [0.1, 0.15) is 28.8 Å². The van der Waals surface area contributed by atoms with Crippen molar-refractivity contribution in [1.82, 2.24) is 10.6 Å². The number of hydrogen-bond acceptors (Lipinski definition) is 4. The van der Waals surface area contributed by atoms with E-state index in [4.69, 9.17) is 0 Å². The molecular formula is C13H17N3O3. The first kappa shape index (κ1) is 13.5. The topological polar surface area (TPSA) is 84.3 Å². The quantitative estimate of drug-likeness (QED) is 0.637. The zero-order valence-electron chi connectivity index (χ0n) is 10.8. The highest BCUT2D eigenvalue weighted by Crippen LogP contribution is 2.17. The summed E-state index contributed by atoms with van der Waals surface area (Å²) in [5.74, 6) is -0.166. The van der Waals surface area contributed by atoms with Crippen LogP contribution in [0.15, 0.2) is 18.2 Å². The monoisotopic (exact) mass is 263 g/mol. The number of aryl methyl sites for hydroxylation is 1. The molecule has 1 aromatic rings. The first-order valence-corrected chi connectivity index (χ1v) is 6.34. The number of carbonyl (C=O) groups excluding carboxylic acids is 1. The number of benzene rings is 1. The maximum atomic E-state index is 12.1. The highest BCUT2D eigenvalue weighted by atomic mass is 16.6. The highest BCUT2D eigenvalue weighted by molar-refractivity contribution is 5.96. The second kappa shape index (κ2) is 5.79. The van der Waals surface area contributed by atoms with Gasteiger partial charge in [0.2, 0.25) is 0 Å². The van der Waals surface area contributed by atoms with Crippen LogP contribution in [0, 0.1) is 17.0 Å². The minimum Gasteiger partial charge on any atom is -0.348 e. The third-order valence-corrected chi connectivity index (χ3v) is 3.30. The van der Waals surface area contributed by atoms with E-state index < -0.39 is 4.92 Å². The second-order valence-corrected chi connectivity index (χ2v) is 4.77. The number of nitro groups is 1. The number of nitrogens with zero attached hydrogens (tertiary/aromatic N) is 1. The fourth-order valence-corrected chi connectivity index (χ4v) is 2.25. The van der Waals surface area contributed by atoms with Crippen LogP contribution in [-0.2, 0) is 0 Å². The number of piperidine rings is 1. The molecule has 0 radical (unpaired) electrons. The van der Waals surface area contributed by atoms with Crippen LogP contribution < -0.4 is 10.6 Å².